The molecule has 0 aliphatic heterocycles. The topological polar surface area (TPSA) is 38.7 Å². The number of thioether (sulfide) groups is 1. The van der Waals surface area contributed by atoms with Crippen LogP contribution in [0.3, 0.4) is 0 Å². The highest BCUT2D eigenvalue weighted by molar-refractivity contribution is 7.98. The lowest BCUT2D eigenvalue weighted by atomic mass is 10.2. The van der Waals surface area contributed by atoms with Crippen LogP contribution < -0.4 is 0 Å². The number of carbonyl (C=O) groups is 1. The van der Waals surface area contributed by atoms with E-state index in [0.717, 1.165) is 4.90 Å². The first kappa shape index (κ1) is 10.8. The first-order valence-corrected chi connectivity index (χ1v) is 5.19. The maximum Gasteiger partial charge on any atom is 0.340 e. The Morgan fingerprint density at radius 2 is 2.29 bits per heavy atom. The van der Waals surface area contributed by atoms with Gasteiger partial charge in [-0.15, -0.1) is 11.8 Å². The number of hydrogen-bond donors (Lipinski definition) is 0. The summed E-state index contributed by atoms with van der Waals surface area (Å²) in [5.74, 6) is -0.386. The van der Waals surface area contributed by atoms with E-state index in [1.165, 1.54) is 18.9 Å². The van der Waals surface area contributed by atoms with E-state index in [0.29, 0.717) is 11.3 Å². The van der Waals surface area contributed by atoms with Gasteiger partial charge in [0.1, 0.15) is 0 Å². The van der Waals surface area contributed by atoms with Crippen molar-refractivity contribution in [3.63, 3.8) is 0 Å². The van der Waals surface area contributed by atoms with E-state index in [2.05, 4.69) is 16.4 Å². The van der Waals surface area contributed by atoms with Gasteiger partial charge in [-0.05, 0) is 25.1 Å². The molecule has 0 N–H and O–H groups in total. The molecule has 3 nitrogen and oxygen atoms in total. The van der Waals surface area contributed by atoms with Crippen molar-refractivity contribution in [3.8, 4) is 0 Å². The molecule has 0 saturated carbocycles. The van der Waals surface area contributed by atoms with Gasteiger partial charge in [0.15, 0.2) is 0 Å². The van der Waals surface area contributed by atoms with Gasteiger partial charge in [-0.25, -0.2) is 4.79 Å². The maximum atomic E-state index is 11.3. The van der Waals surface area contributed by atoms with Gasteiger partial charge in [0.05, 0.1) is 18.4 Å². The van der Waals surface area contributed by atoms with Gasteiger partial charge in [-0.3, -0.25) is 4.99 Å². The summed E-state index contributed by atoms with van der Waals surface area (Å²) in [6, 6.07) is 5.36. The van der Waals surface area contributed by atoms with Crippen molar-refractivity contribution < 1.29 is 9.53 Å². The summed E-state index contributed by atoms with van der Waals surface area (Å²) in [5.41, 5.74) is 1.04. The number of para-hydroxylation sites is 1. The molecular formula is C10H11NO2S. The number of rotatable bonds is 3. The summed E-state index contributed by atoms with van der Waals surface area (Å²) in [5, 5.41) is 0. The fraction of sp³-hybridized carbons (Fsp3) is 0.200. The van der Waals surface area contributed by atoms with Crippen molar-refractivity contribution in [1.29, 1.82) is 0 Å². The van der Waals surface area contributed by atoms with Crippen LogP contribution in [-0.2, 0) is 4.74 Å². The lowest BCUT2D eigenvalue weighted by molar-refractivity contribution is 0.0601. The van der Waals surface area contributed by atoms with Crippen molar-refractivity contribution in [2.45, 2.75) is 4.90 Å². The van der Waals surface area contributed by atoms with Crippen LogP contribution in [0.4, 0.5) is 5.69 Å². The number of nitrogens with zero attached hydrogens (tertiary/aromatic N) is 1. The van der Waals surface area contributed by atoms with Crippen LogP contribution in [0.15, 0.2) is 28.1 Å². The molecule has 0 aliphatic carbocycles. The van der Waals surface area contributed by atoms with Crippen LogP contribution in [0.2, 0.25) is 0 Å². The fourth-order valence-corrected chi connectivity index (χ4v) is 1.71. The molecule has 1 aromatic carbocycles. The normalized spacial score (nSPS) is 9.57. The molecule has 14 heavy (non-hydrogen) atoms. The predicted molar refractivity (Wildman–Crippen MR) is 58.8 cm³/mol. The van der Waals surface area contributed by atoms with E-state index in [1.54, 1.807) is 12.1 Å². The van der Waals surface area contributed by atoms with Gasteiger partial charge in [-0.2, -0.15) is 0 Å². The number of esters is 1. The first-order valence-electron chi connectivity index (χ1n) is 3.96. The van der Waals surface area contributed by atoms with Crippen LogP contribution in [0, 0.1) is 0 Å². The zero-order valence-electron chi connectivity index (χ0n) is 8.11. The Hall–Kier alpha value is -1.29. The van der Waals surface area contributed by atoms with E-state index in [4.69, 9.17) is 0 Å². The van der Waals surface area contributed by atoms with Gasteiger partial charge in [0, 0.05) is 4.90 Å². The van der Waals surface area contributed by atoms with E-state index in [-0.39, 0.29) is 5.97 Å². The minimum Gasteiger partial charge on any atom is -0.465 e. The molecule has 4 heteroatoms. The van der Waals surface area contributed by atoms with E-state index >= 15 is 0 Å². The van der Waals surface area contributed by atoms with Gasteiger partial charge >= 0.3 is 5.97 Å². The third kappa shape index (κ3) is 1.96. The Bertz CT molecular complexity index is 363. The predicted octanol–water partition coefficient (Wildman–Crippen LogP) is 2.53. The van der Waals surface area contributed by atoms with Crippen molar-refractivity contribution in [2.75, 3.05) is 13.4 Å². The lowest BCUT2D eigenvalue weighted by Crippen LogP contribution is -2.01. The average Bonchev–Trinajstić information content (AvgIpc) is 2.26. The Morgan fingerprint density at radius 1 is 1.57 bits per heavy atom. The zero-order valence-corrected chi connectivity index (χ0v) is 8.93. The summed E-state index contributed by atoms with van der Waals surface area (Å²) < 4.78 is 4.64. The molecule has 0 bridgehead atoms. The number of ether oxygens (including phenoxy) is 1. The molecule has 0 amide bonds. The highest BCUT2D eigenvalue weighted by Crippen LogP contribution is 2.31. The third-order valence-electron chi connectivity index (χ3n) is 1.78. The number of aliphatic imine (C=N–C) groups is 1. The number of methoxy groups -OCH3 is 1. The summed E-state index contributed by atoms with van der Waals surface area (Å²) in [6.07, 6.45) is 1.92. The Balaban J connectivity index is 3.28. The molecule has 0 heterocycles. The van der Waals surface area contributed by atoms with Gasteiger partial charge < -0.3 is 4.74 Å². The minimum atomic E-state index is -0.386. The van der Waals surface area contributed by atoms with Crippen molar-refractivity contribution >= 4 is 30.1 Å². The molecule has 1 aromatic rings. The zero-order chi connectivity index (χ0) is 10.6. The lowest BCUT2D eigenvalue weighted by Gasteiger charge is -2.06. The molecule has 0 saturated heterocycles. The maximum absolute atomic E-state index is 11.3. The molecule has 0 aromatic heterocycles. The molecule has 1 rings (SSSR count). The molecule has 74 valence electrons. The fourth-order valence-electron chi connectivity index (χ4n) is 1.12. The number of benzene rings is 1. The third-order valence-corrected chi connectivity index (χ3v) is 2.55. The average molecular weight is 209 g/mol. The van der Waals surface area contributed by atoms with E-state index < -0.39 is 0 Å². The van der Waals surface area contributed by atoms with Crippen LogP contribution in [0.5, 0.6) is 0 Å². The van der Waals surface area contributed by atoms with Crippen LogP contribution in [0.1, 0.15) is 10.4 Å². The van der Waals surface area contributed by atoms with Gasteiger partial charge in [0.25, 0.3) is 0 Å². The molecular weight excluding hydrogens is 198 g/mol. The molecule has 0 aliphatic rings. The second-order valence-corrected chi connectivity index (χ2v) is 3.35. The molecule has 0 atom stereocenters. The van der Waals surface area contributed by atoms with Gasteiger partial charge in [0.2, 0.25) is 0 Å². The van der Waals surface area contributed by atoms with E-state index in [9.17, 15) is 4.79 Å². The molecule has 0 fully saturated rings. The van der Waals surface area contributed by atoms with Crippen LogP contribution in [0.25, 0.3) is 0 Å². The minimum absolute atomic E-state index is 0.386. The van der Waals surface area contributed by atoms with Crippen molar-refractivity contribution in [2.24, 2.45) is 4.99 Å². The Labute approximate surface area is 87.2 Å². The molecule has 0 unspecified atom stereocenters. The summed E-state index contributed by atoms with van der Waals surface area (Å²) in [6.45, 7) is 3.45. The SMILES string of the molecule is C=Nc1c(SC)cccc1C(=O)OC. The number of carbonyl (C=O) groups excluding carboxylic acids is 1. The van der Waals surface area contributed by atoms with Gasteiger partial charge in [-0.1, -0.05) is 6.07 Å². The smallest absolute Gasteiger partial charge is 0.340 e. The van der Waals surface area contributed by atoms with E-state index in [1.807, 2.05) is 12.3 Å². The standard InChI is InChI=1S/C10H11NO2S/c1-11-9-7(10(12)13-2)5-4-6-8(9)14-3/h4-6H,1H2,2-3H3. The second kappa shape index (κ2) is 4.81. The second-order valence-electron chi connectivity index (χ2n) is 2.51. The van der Waals surface area contributed by atoms with Crippen molar-refractivity contribution in [1.82, 2.24) is 0 Å². The monoisotopic (exact) mass is 209 g/mol. The quantitative estimate of drug-likeness (QED) is 0.436. The van der Waals surface area contributed by atoms with Crippen LogP contribution >= 0.6 is 11.8 Å². The summed E-state index contributed by atoms with van der Waals surface area (Å²) >= 11 is 1.52. The Kier molecular flexibility index (Phi) is 3.71. The van der Waals surface area contributed by atoms with Crippen molar-refractivity contribution in [3.05, 3.63) is 23.8 Å². The Morgan fingerprint density at radius 3 is 2.79 bits per heavy atom. The molecule has 0 radical (unpaired) electrons. The first-order chi connectivity index (χ1) is 6.74. The molecule has 0 spiro atoms. The summed E-state index contributed by atoms with van der Waals surface area (Å²) in [7, 11) is 1.35. The highest BCUT2D eigenvalue weighted by Gasteiger charge is 2.13. The van der Waals surface area contributed by atoms with Crippen LogP contribution in [-0.4, -0.2) is 26.1 Å². The number of hydrogen-bond acceptors (Lipinski definition) is 4. The highest BCUT2D eigenvalue weighted by atomic mass is 32.2. The largest absolute Gasteiger partial charge is 0.465 e. The summed E-state index contributed by atoms with van der Waals surface area (Å²) in [4.78, 5) is 16.1.